The molecule has 0 unspecified atom stereocenters. The van der Waals surface area contributed by atoms with E-state index in [1.165, 1.54) is 23.0 Å². The van der Waals surface area contributed by atoms with Crippen LogP contribution in [0.1, 0.15) is 29.6 Å². The second-order valence-corrected chi connectivity index (χ2v) is 6.58. The van der Waals surface area contributed by atoms with E-state index in [0.717, 1.165) is 30.4 Å². The maximum Gasteiger partial charge on any atom is 0.419 e. The molecule has 0 aliphatic rings. The molecule has 1 aromatic carbocycles. The number of rotatable bonds is 6. The Labute approximate surface area is 172 Å². The van der Waals surface area contributed by atoms with Crippen molar-refractivity contribution in [3.05, 3.63) is 77.1 Å². The quantitative estimate of drug-likeness (QED) is 0.407. The fraction of sp³-hybridized carbons (Fsp3) is 0.200. The summed E-state index contributed by atoms with van der Waals surface area (Å²) < 4.78 is 84.9. The average molecular weight is 443 g/mol. The van der Waals surface area contributed by atoms with Crippen LogP contribution in [0.2, 0.25) is 0 Å². The Kier molecular flexibility index (Phi) is 5.96. The summed E-state index contributed by atoms with van der Waals surface area (Å²) in [6.45, 7) is 0.729. The third-order valence-corrected chi connectivity index (χ3v) is 4.05. The molecule has 1 amide bonds. The van der Waals surface area contributed by atoms with Crippen molar-refractivity contribution in [1.82, 2.24) is 9.78 Å². The van der Waals surface area contributed by atoms with Gasteiger partial charge in [-0.1, -0.05) is 12.1 Å². The maximum atomic E-state index is 14.0. The van der Waals surface area contributed by atoms with Crippen molar-refractivity contribution in [2.24, 2.45) is 0 Å². The zero-order valence-corrected chi connectivity index (χ0v) is 15.9. The molecule has 0 aliphatic heterocycles. The number of carbonyl (C=O) groups is 1. The maximum absolute atomic E-state index is 14.0. The molecule has 3 aromatic rings. The SMILES string of the molecule is CC(F)(F)c1ccc(Cn2ccc(NC(=O)C=Cc3cccc(C(F)(F)F)c3F)n2)o1. The molecule has 31 heavy (non-hydrogen) atoms. The highest BCUT2D eigenvalue weighted by Gasteiger charge is 2.34. The molecule has 2 heterocycles. The lowest BCUT2D eigenvalue weighted by molar-refractivity contribution is -0.140. The van der Waals surface area contributed by atoms with Crippen molar-refractivity contribution in [2.45, 2.75) is 25.6 Å². The minimum absolute atomic E-state index is 0.0250. The van der Waals surface area contributed by atoms with Crippen LogP contribution in [0.4, 0.5) is 32.2 Å². The van der Waals surface area contributed by atoms with Gasteiger partial charge in [0.05, 0.1) is 12.1 Å². The van der Waals surface area contributed by atoms with Crippen LogP contribution in [-0.2, 0) is 23.4 Å². The molecule has 5 nitrogen and oxygen atoms in total. The van der Waals surface area contributed by atoms with E-state index >= 15 is 0 Å². The Morgan fingerprint density at radius 1 is 1.16 bits per heavy atom. The van der Waals surface area contributed by atoms with Crippen LogP contribution < -0.4 is 5.32 Å². The van der Waals surface area contributed by atoms with E-state index < -0.39 is 40.7 Å². The van der Waals surface area contributed by atoms with Crippen LogP contribution in [0.25, 0.3) is 6.08 Å². The number of nitrogens with zero attached hydrogens (tertiary/aromatic N) is 2. The number of anilines is 1. The summed E-state index contributed by atoms with van der Waals surface area (Å²) in [6, 6.07) is 6.66. The molecule has 11 heteroatoms. The molecule has 0 radical (unpaired) electrons. The number of aromatic nitrogens is 2. The molecule has 0 fully saturated rings. The van der Waals surface area contributed by atoms with Gasteiger partial charge in [-0.2, -0.15) is 27.1 Å². The first kappa shape index (κ1) is 22.2. The predicted molar refractivity (Wildman–Crippen MR) is 98.7 cm³/mol. The number of alkyl halides is 5. The van der Waals surface area contributed by atoms with Crippen molar-refractivity contribution < 1.29 is 35.6 Å². The molecule has 0 saturated carbocycles. The first-order chi connectivity index (χ1) is 14.4. The van der Waals surface area contributed by atoms with E-state index in [4.69, 9.17) is 4.42 Å². The summed E-state index contributed by atoms with van der Waals surface area (Å²) in [5, 5.41) is 6.38. The Morgan fingerprint density at radius 2 is 1.90 bits per heavy atom. The first-order valence-corrected chi connectivity index (χ1v) is 8.79. The van der Waals surface area contributed by atoms with Crippen LogP contribution in [0, 0.1) is 5.82 Å². The molecule has 164 valence electrons. The second-order valence-electron chi connectivity index (χ2n) is 6.58. The van der Waals surface area contributed by atoms with Gasteiger partial charge in [-0.25, -0.2) is 4.39 Å². The van der Waals surface area contributed by atoms with Gasteiger partial charge < -0.3 is 9.73 Å². The van der Waals surface area contributed by atoms with Gasteiger partial charge in [0.1, 0.15) is 11.6 Å². The van der Waals surface area contributed by atoms with Gasteiger partial charge in [-0.3, -0.25) is 9.48 Å². The Morgan fingerprint density at radius 3 is 2.55 bits per heavy atom. The van der Waals surface area contributed by atoms with Crippen LogP contribution in [-0.4, -0.2) is 15.7 Å². The zero-order valence-electron chi connectivity index (χ0n) is 15.9. The Hall–Kier alpha value is -3.50. The summed E-state index contributed by atoms with van der Waals surface area (Å²) >= 11 is 0. The highest BCUT2D eigenvalue weighted by molar-refractivity contribution is 6.01. The van der Waals surface area contributed by atoms with Gasteiger partial charge in [-0.15, -0.1) is 0 Å². The first-order valence-electron chi connectivity index (χ1n) is 8.79. The second kappa shape index (κ2) is 8.32. The average Bonchev–Trinajstić information content (AvgIpc) is 3.29. The molecule has 1 N–H and O–H groups in total. The molecule has 3 rings (SSSR count). The summed E-state index contributed by atoms with van der Waals surface area (Å²) in [5.41, 5.74) is -1.84. The van der Waals surface area contributed by atoms with Gasteiger partial charge >= 0.3 is 12.1 Å². The van der Waals surface area contributed by atoms with Crippen LogP contribution in [0.3, 0.4) is 0 Å². The lowest BCUT2D eigenvalue weighted by atomic mass is 10.1. The van der Waals surface area contributed by atoms with Crippen molar-refractivity contribution in [3.8, 4) is 0 Å². The molecule has 0 bridgehead atoms. The van der Waals surface area contributed by atoms with Gasteiger partial charge in [0, 0.05) is 30.8 Å². The van der Waals surface area contributed by atoms with E-state index in [-0.39, 0.29) is 18.1 Å². The number of halogens is 6. The third-order valence-electron chi connectivity index (χ3n) is 4.05. The number of hydrogen-bond acceptors (Lipinski definition) is 3. The number of hydrogen-bond donors (Lipinski definition) is 1. The topological polar surface area (TPSA) is 60.1 Å². The van der Waals surface area contributed by atoms with Crippen molar-refractivity contribution in [3.63, 3.8) is 0 Å². The molecule has 0 atom stereocenters. The molecular formula is C20H15F6N3O2. The lowest BCUT2D eigenvalue weighted by Crippen LogP contribution is -2.10. The van der Waals surface area contributed by atoms with Gasteiger partial charge in [0.15, 0.2) is 11.6 Å². The van der Waals surface area contributed by atoms with Crippen molar-refractivity contribution in [1.29, 1.82) is 0 Å². The van der Waals surface area contributed by atoms with Gasteiger partial charge in [-0.05, 0) is 24.3 Å². The van der Waals surface area contributed by atoms with Crippen LogP contribution >= 0.6 is 0 Å². The van der Waals surface area contributed by atoms with Crippen LogP contribution in [0.15, 0.2) is 53.1 Å². The van der Waals surface area contributed by atoms with Gasteiger partial charge in [0.25, 0.3) is 0 Å². The van der Waals surface area contributed by atoms with E-state index in [9.17, 15) is 31.1 Å². The Bertz CT molecular complexity index is 1110. The predicted octanol–water partition coefficient (Wildman–Crippen LogP) is 5.45. The fourth-order valence-electron chi connectivity index (χ4n) is 2.61. The summed E-state index contributed by atoms with van der Waals surface area (Å²) in [6.07, 6.45) is -1.63. The smallest absolute Gasteiger partial charge is 0.419 e. The summed E-state index contributed by atoms with van der Waals surface area (Å²) in [7, 11) is 0. The lowest BCUT2D eigenvalue weighted by Gasteiger charge is -2.09. The number of nitrogens with one attached hydrogen (secondary N) is 1. The zero-order chi connectivity index (χ0) is 22.8. The fourth-order valence-corrected chi connectivity index (χ4v) is 2.61. The number of furan rings is 1. The highest BCUT2D eigenvalue weighted by atomic mass is 19.4. The van der Waals surface area contributed by atoms with E-state index in [1.54, 1.807) is 0 Å². The monoisotopic (exact) mass is 443 g/mol. The normalized spacial score (nSPS) is 12.5. The van der Waals surface area contributed by atoms with Crippen molar-refractivity contribution >= 4 is 17.8 Å². The van der Waals surface area contributed by atoms with Gasteiger partial charge in [0.2, 0.25) is 5.91 Å². The van der Waals surface area contributed by atoms with Crippen molar-refractivity contribution in [2.75, 3.05) is 5.32 Å². The molecule has 0 aliphatic carbocycles. The van der Waals surface area contributed by atoms with E-state index in [0.29, 0.717) is 13.0 Å². The molecular weight excluding hydrogens is 428 g/mol. The molecule has 0 spiro atoms. The molecule has 2 aromatic heterocycles. The number of benzene rings is 1. The van der Waals surface area contributed by atoms with E-state index in [1.807, 2.05) is 0 Å². The minimum Gasteiger partial charge on any atom is -0.458 e. The third kappa shape index (κ3) is 5.56. The minimum atomic E-state index is -4.86. The Balaban J connectivity index is 1.63. The molecule has 0 saturated heterocycles. The summed E-state index contributed by atoms with van der Waals surface area (Å²) in [4.78, 5) is 12.0. The van der Waals surface area contributed by atoms with E-state index in [2.05, 4.69) is 10.4 Å². The standard InChI is InChI=1S/C20H15F6N3O2/c1-19(22,23)15-7-6-13(31-15)11-29-10-9-16(28-29)27-17(30)8-5-12-3-2-4-14(18(12)21)20(24,25)26/h2-10H,11H2,1H3,(H,27,28,30). The highest BCUT2D eigenvalue weighted by Crippen LogP contribution is 2.32. The number of amides is 1. The summed E-state index contributed by atoms with van der Waals surface area (Å²) in [5.74, 6) is -5.54. The van der Waals surface area contributed by atoms with Crippen LogP contribution in [0.5, 0.6) is 0 Å². The largest absolute Gasteiger partial charge is 0.458 e. The number of carbonyl (C=O) groups excluding carboxylic acids is 1.